The third-order valence-corrected chi connectivity index (χ3v) is 5.59. The van der Waals surface area contributed by atoms with Crippen LogP contribution in [0.1, 0.15) is 60.3 Å². The van der Waals surface area contributed by atoms with Gasteiger partial charge < -0.3 is 0 Å². The summed E-state index contributed by atoms with van der Waals surface area (Å²) in [4.78, 5) is 12.0. The Hall–Kier alpha value is -1.29. The standard InChI is InChI=1S/C19H26O/c1-14(2)19(6)12-11-18(19,5)10-7-15-13-17(3,4)9-8-16(15)20/h13H,1,8-9,11-12H2,2-6H3/t18-,19+/m1/s1. The largest absolute Gasteiger partial charge is 0.293 e. The van der Waals surface area contributed by atoms with E-state index in [1.165, 1.54) is 5.57 Å². The summed E-state index contributed by atoms with van der Waals surface area (Å²) in [5.74, 6) is 6.81. The lowest BCUT2D eigenvalue weighted by Gasteiger charge is -2.54. The van der Waals surface area contributed by atoms with E-state index < -0.39 is 0 Å². The van der Waals surface area contributed by atoms with Crippen LogP contribution in [0.3, 0.4) is 0 Å². The van der Waals surface area contributed by atoms with Crippen LogP contribution in [0.5, 0.6) is 0 Å². The van der Waals surface area contributed by atoms with Crippen LogP contribution in [-0.2, 0) is 4.79 Å². The SMILES string of the molecule is C=C(C)[C@]1(C)CC[C@@]1(C)C#CC1=CC(C)(C)CCC1=O. The minimum absolute atomic E-state index is 0.0401. The second-order valence-electron chi connectivity index (χ2n) is 7.66. The van der Waals surface area contributed by atoms with Gasteiger partial charge in [-0.3, -0.25) is 4.79 Å². The van der Waals surface area contributed by atoms with E-state index in [1.807, 2.05) is 0 Å². The van der Waals surface area contributed by atoms with Crippen LogP contribution in [0, 0.1) is 28.1 Å². The van der Waals surface area contributed by atoms with Crippen molar-refractivity contribution >= 4 is 5.78 Å². The van der Waals surface area contributed by atoms with E-state index in [-0.39, 0.29) is 22.0 Å². The molecule has 0 unspecified atom stereocenters. The lowest BCUT2D eigenvalue weighted by atomic mass is 9.49. The zero-order chi connectivity index (χ0) is 15.2. The molecule has 1 saturated carbocycles. The van der Waals surface area contributed by atoms with Gasteiger partial charge in [0, 0.05) is 17.3 Å². The quantitative estimate of drug-likeness (QED) is 0.499. The van der Waals surface area contributed by atoms with E-state index in [9.17, 15) is 4.79 Å². The van der Waals surface area contributed by atoms with Crippen molar-refractivity contribution in [1.82, 2.24) is 0 Å². The molecule has 0 heterocycles. The van der Waals surface area contributed by atoms with Gasteiger partial charge in [-0.1, -0.05) is 50.8 Å². The summed E-state index contributed by atoms with van der Waals surface area (Å²) in [5.41, 5.74) is 2.06. The van der Waals surface area contributed by atoms with Gasteiger partial charge in [0.25, 0.3) is 0 Å². The Labute approximate surface area is 123 Å². The molecule has 20 heavy (non-hydrogen) atoms. The average molecular weight is 270 g/mol. The molecule has 0 aromatic carbocycles. The first-order chi connectivity index (χ1) is 9.10. The molecule has 0 aliphatic heterocycles. The molecule has 0 spiro atoms. The van der Waals surface area contributed by atoms with Gasteiger partial charge in [0.2, 0.25) is 0 Å². The number of carbonyl (C=O) groups is 1. The number of Topliss-reactive ketones (excluding diaryl/α,β-unsaturated/α-hetero) is 1. The molecule has 0 bridgehead atoms. The Morgan fingerprint density at radius 1 is 1.20 bits per heavy atom. The Balaban J connectivity index is 2.29. The highest BCUT2D eigenvalue weighted by Crippen LogP contribution is 2.59. The first kappa shape index (κ1) is 15.1. The van der Waals surface area contributed by atoms with Crippen molar-refractivity contribution in [2.24, 2.45) is 16.2 Å². The monoisotopic (exact) mass is 270 g/mol. The Morgan fingerprint density at radius 2 is 1.85 bits per heavy atom. The summed E-state index contributed by atoms with van der Waals surface area (Å²) in [6.45, 7) is 15.0. The summed E-state index contributed by atoms with van der Waals surface area (Å²) in [6, 6.07) is 0. The number of rotatable bonds is 1. The predicted octanol–water partition coefficient (Wildman–Crippen LogP) is 4.69. The molecule has 0 N–H and O–H groups in total. The first-order valence-electron chi connectivity index (χ1n) is 7.55. The first-order valence-corrected chi connectivity index (χ1v) is 7.55. The number of carbonyl (C=O) groups excluding carboxylic acids is 1. The normalized spacial score (nSPS) is 35.5. The van der Waals surface area contributed by atoms with E-state index in [2.05, 4.69) is 59.1 Å². The molecule has 1 heteroatoms. The Morgan fingerprint density at radius 3 is 2.35 bits per heavy atom. The molecule has 1 nitrogen and oxygen atoms in total. The van der Waals surface area contributed by atoms with Gasteiger partial charge in [0.05, 0.1) is 5.57 Å². The molecule has 2 atom stereocenters. The smallest absolute Gasteiger partial charge is 0.170 e. The second-order valence-corrected chi connectivity index (χ2v) is 7.66. The lowest BCUT2D eigenvalue weighted by molar-refractivity contribution is -0.116. The van der Waals surface area contributed by atoms with Crippen molar-refractivity contribution in [1.29, 1.82) is 0 Å². The molecule has 0 radical (unpaired) electrons. The molecule has 108 valence electrons. The van der Waals surface area contributed by atoms with Crippen LogP contribution in [0.25, 0.3) is 0 Å². The maximum Gasteiger partial charge on any atom is 0.170 e. The van der Waals surface area contributed by atoms with Crippen LogP contribution in [-0.4, -0.2) is 5.78 Å². The molecule has 2 aliphatic rings. The van der Waals surface area contributed by atoms with Crippen molar-refractivity contribution in [3.05, 3.63) is 23.8 Å². The highest BCUT2D eigenvalue weighted by atomic mass is 16.1. The summed E-state index contributed by atoms with van der Waals surface area (Å²) >= 11 is 0. The summed E-state index contributed by atoms with van der Waals surface area (Å²) < 4.78 is 0. The van der Waals surface area contributed by atoms with Gasteiger partial charge in [-0.25, -0.2) is 0 Å². The highest BCUT2D eigenvalue weighted by Gasteiger charge is 2.52. The van der Waals surface area contributed by atoms with Crippen molar-refractivity contribution in [2.45, 2.75) is 60.3 Å². The predicted molar refractivity (Wildman–Crippen MR) is 84.1 cm³/mol. The fourth-order valence-corrected chi connectivity index (χ4v) is 3.18. The minimum atomic E-state index is -0.0401. The van der Waals surface area contributed by atoms with Crippen LogP contribution in [0.2, 0.25) is 0 Å². The van der Waals surface area contributed by atoms with Gasteiger partial charge in [0.1, 0.15) is 0 Å². The molecule has 1 fully saturated rings. The van der Waals surface area contributed by atoms with Gasteiger partial charge >= 0.3 is 0 Å². The third kappa shape index (κ3) is 2.37. The number of allylic oxidation sites excluding steroid dienone is 3. The van der Waals surface area contributed by atoms with Crippen molar-refractivity contribution in [3.63, 3.8) is 0 Å². The van der Waals surface area contributed by atoms with E-state index in [1.54, 1.807) is 0 Å². The topological polar surface area (TPSA) is 17.1 Å². The van der Waals surface area contributed by atoms with Crippen LogP contribution in [0.15, 0.2) is 23.8 Å². The van der Waals surface area contributed by atoms with Gasteiger partial charge in [-0.2, -0.15) is 0 Å². The zero-order valence-electron chi connectivity index (χ0n) is 13.5. The molecule has 0 saturated heterocycles. The van der Waals surface area contributed by atoms with Gasteiger partial charge in [0.15, 0.2) is 5.78 Å². The molecule has 2 rings (SSSR count). The molecular formula is C19H26O. The van der Waals surface area contributed by atoms with Gasteiger partial charge in [-0.05, 0) is 38.5 Å². The maximum atomic E-state index is 12.0. The van der Waals surface area contributed by atoms with Crippen molar-refractivity contribution < 1.29 is 4.79 Å². The lowest BCUT2D eigenvalue weighted by Crippen LogP contribution is -2.47. The zero-order valence-corrected chi connectivity index (χ0v) is 13.5. The number of ketones is 1. The van der Waals surface area contributed by atoms with E-state index >= 15 is 0 Å². The Kier molecular flexibility index (Phi) is 3.49. The van der Waals surface area contributed by atoms with Crippen LogP contribution < -0.4 is 0 Å². The fourth-order valence-electron chi connectivity index (χ4n) is 3.18. The minimum Gasteiger partial charge on any atom is -0.293 e. The van der Waals surface area contributed by atoms with Crippen LogP contribution >= 0.6 is 0 Å². The molecule has 0 aromatic rings. The Bertz CT molecular complexity index is 552. The van der Waals surface area contributed by atoms with E-state index in [0.29, 0.717) is 6.42 Å². The van der Waals surface area contributed by atoms with Crippen molar-refractivity contribution in [3.8, 4) is 11.8 Å². The van der Waals surface area contributed by atoms with Crippen molar-refractivity contribution in [2.75, 3.05) is 0 Å². The maximum absolute atomic E-state index is 12.0. The molecule has 2 aliphatic carbocycles. The number of hydrogen-bond donors (Lipinski definition) is 0. The fraction of sp³-hybridized carbons (Fsp3) is 0.632. The second kappa shape index (κ2) is 4.62. The highest BCUT2D eigenvalue weighted by molar-refractivity contribution is 6.00. The summed E-state index contributed by atoms with van der Waals surface area (Å²) in [6.07, 6.45) is 5.85. The van der Waals surface area contributed by atoms with E-state index in [0.717, 1.165) is 24.8 Å². The van der Waals surface area contributed by atoms with Gasteiger partial charge in [-0.15, -0.1) is 0 Å². The molecule has 0 amide bonds. The van der Waals surface area contributed by atoms with Crippen LogP contribution in [0.4, 0.5) is 0 Å². The number of hydrogen-bond acceptors (Lipinski definition) is 1. The molecule has 0 aromatic heterocycles. The average Bonchev–Trinajstić information content (AvgIpc) is 2.36. The van der Waals surface area contributed by atoms with E-state index in [4.69, 9.17) is 0 Å². The summed E-state index contributed by atoms with van der Waals surface area (Å²) in [7, 11) is 0. The third-order valence-electron chi connectivity index (χ3n) is 5.59. The summed E-state index contributed by atoms with van der Waals surface area (Å²) in [5, 5.41) is 0. The molecular weight excluding hydrogens is 244 g/mol.